The zero-order valence-corrected chi connectivity index (χ0v) is 17.1. The fourth-order valence-corrected chi connectivity index (χ4v) is 4.89. The van der Waals surface area contributed by atoms with Crippen molar-refractivity contribution in [2.75, 3.05) is 12.4 Å². The van der Waals surface area contributed by atoms with Gasteiger partial charge >= 0.3 is 0 Å². The van der Waals surface area contributed by atoms with Gasteiger partial charge in [0.2, 0.25) is 5.91 Å². The SMILES string of the molecule is Cc1ccc(NC(=O)C2c3ccccc3C(=O)N(C)C2c2cccs2)c(Cl)c1. The Kier molecular flexibility index (Phi) is 4.96. The van der Waals surface area contributed by atoms with E-state index < -0.39 is 5.92 Å². The average molecular weight is 411 g/mol. The Hall–Kier alpha value is -2.63. The van der Waals surface area contributed by atoms with Crippen LogP contribution in [0.4, 0.5) is 5.69 Å². The van der Waals surface area contributed by atoms with E-state index in [-0.39, 0.29) is 17.9 Å². The minimum atomic E-state index is -0.532. The van der Waals surface area contributed by atoms with Gasteiger partial charge in [-0.2, -0.15) is 0 Å². The predicted molar refractivity (Wildman–Crippen MR) is 113 cm³/mol. The molecule has 0 spiro atoms. The van der Waals surface area contributed by atoms with Crippen LogP contribution in [0.3, 0.4) is 0 Å². The molecule has 2 heterocycles. The molecule has 2 atom stereocenters. The molecule has 0 bridgehead atoms. The maximum absolute atomic E-state index is 13.4. The molecule has 0 fully saturated rings. The number of amides is 2. The summed E-state index contributed by atoms with van der Waals surface area (Å²) in [6.45, 7) is 1.95. The molecule has 1 N–H and O–H groups in total. The van der Waals surface area contributed by atoms with E-state index in [0.29, 0.717) is 16.3 Å². The lowest BCUT2D eigenvalue weighted by atomic mass is 9.81. The van der Waals surface area contributed by atoms with E-state index in [2.05, 4.69) is 5.32 Å². The van der Waals surface area contributed by atoms with Crippen LogP contribution in [0, 0.1) is 6.92 Å². The van der Waals surface area contributed by atoms with Crippen molar-refractivity contribution in [1.82, 2.24) is 4.90 Å². The summed E-state index contributed by atoms with van der Waals surface area (Å²) in [4.78, 5) is 29.0. The molecule has 4 nitrogen and oxygen atoms in total. The molecule has 6 heteroatoms. The third kappa shape index (κ3) is 3.21. The standard InChI is InChI=1S/C22H19ClN2O2S/c1-13-9-10-17(16(23)12-13)24-21(26)19-14-6-3-4-7-15(14)22(27)25(2)20(19)18-8-5-11-28-18/h3-12,19-20H,1-2H3,(H,24,26). The molecule has 28 heavy (non-hydrogen) atoms. The van der Waals surface area contributed by atoms with Crippen molar-refractivity contribution < 1.29 is 9.59 Å². The summed E-state index contributed by atoms with van der Waals surface area (Å²) < 4.78 is 0. The first-order valence-corrected chi connectivity index (χ1v) is 10.2. The Morgan fingerprint density at radius 1 is 1.14 bits per heavy atom. The number of hydrogen-bond donors (Lipinski definition) is 1. The van der Waals surface area contributed by atoms with Crippen LogP contribution in [0.2, 0.25) is 5.02 Å². The Bertz CT molecular complexity index is 1050. The van der Waals surface area contributed by atoms with Gasteiger partial charge in [0.05, 0.1) is 22.7 Å². The fraction of sp³-hybridized carbons (Fsp3) is 0.182. The minimum absolute atomic E-state index is 0.0774. The van der Waals surface area contributed by atoms with Crippen molar-refractivity contribution in [2.24, 2.45) is 0 Å². The maximum Gasteiger partial charge on any atom is 0.254 e. The highest BCUT2D eigenvalue weighted by atomic mass is 35.5. The first kappa shape index (κ1) is 18.7. The lowest BCUT2D eigenvalue weighted by Gasteiger charge is -2.39. The highest BCUT2D eigenvalue weighted by Gasteiger charge is 2.43. The molecule has 1 aliphatic rings. The number of halogens is 1. The maximum atomic E-state index is 13.4. The van der Waals surface area contributed by atoms with Crippen LogP contribution >= 0.6 is 22.9 Å². The van der Waals surface area contributed by atoms with Crippen LogP contribution in [0.25, 0.3) is 0 Å². The van der Waals surface area contributed by atoms with Crippen LogP contribution in [-0.2, 0) is 4.79 Å². The first-order valence-electron chi connectivity index (χ1n) is 8.94. The number of thiophene rings is 1. The molecular weight excluding hydrogens is 392 g/mol. The molecule has 0 aliphatic carbocycles. The number of nitrogens with one attached hydrogen (secondary N) is 1. The van der Waals surface area contributed by atoms with E-state index in [0.717, 1.165) is 16.0 Å². The van der Waals surface area contributed by atoms with Gasteiger partial charge in [-0.05, 0) is 47.7 Å². The van der Waals surface area contributed by atoms with Gasteiger partial charge in [-0.1, -0.05) is 41.9 Å². The van der Waals surface area contributed by atoms with Crippen LogP contribution in [0.1, 0.15) is 38.3 Å². The summed E-state index contributed by atoms with van der Waals surface area (Å²) in [5.74, 6) is -0.794. The van der Waals surface area contributed by atoms with E-state index in [9.17, 15) is 9.59 Å². The molecule has 3 aromatic rings. The average Bonchev–Trinajstić information content (AvgIpc) is 3.21. The van der Waals surface area contributed by atoms with E-state index in [1.165, 1.54) is 0 Å². The van der Waals surface area contributed by atoms with E-state index in [1.54, 1.807) is 35.4 Å². The second kappa shape index (κ2) is 7.41. The summed E-state index contributed by atoms with van der Waals surface area (Å²) in [6, 6.07) is 16.4. The number of carbonyl (C=O) groups excluding carboxylic acids is 2. The summed E-state index contributed by atoms with van der Waals surface area (Å²) in [5, 5.41) is 5.42. The van der Waals surface area contributed by atoms with Crippen LogP contribution in [0.15, 0.2) is 60.0 Å². The Morgan fingerprint density at radius 3 is 2.64 bits per heavy atom. The number of nitrogens with zero attached hydrogens (tertiary/aromatic N) is 1. The number of benzene rings is 2. The number of hydrogen-bond acceptors (Lipinski definition) is 3. The van der Waals surface area contributed by atoms with Crippen LogP contribution in [-0.4, -0.2) is 23.8 Å². The molecule has 0 saturated heterocycles. The Labute approximate surface area is 172 Å². The van der Waals surface area contributed by atoms with Gasteiger partial charge in [0.1, 0.15) is 0 Å². The van der Waals surface area contributed by atoms with Crippen molar-refractivity contribution in [3.8, 4) is 0 Å². The Balaban J connectivity index is 1.79. The summed E-state index contributed by atoms with van der Waals surface area (Å²) in [6.07, 6.45) is 0. The van der Waals surface area contributed by atoms with Gasteiger partial charge in [-0.25, -0.2) is 0 Å². The number of rotatable bonds is 3. The molecular formula is C22H19ClN2O2S. The van der Waals surface area contributed by atoms with Crippen molar-refractivity contribution in [1.29, 1.82) is 0 Å². The molecule has 2 amide bonds. The number of likely N-dealkylation sites (N-methyl/N-ethyl adjacent to an activating group) is 1. The molecule has 2 aromatic carbocycles. The topological polar surface area (TPSA) is 49.4 Å². The zero-order chi connectivity index (χ0) is 19.8. The number of anilines is 1. The van der Waals surface area contributed by atoms with Gasteiger partial charge in [0, 0.05) is 17.5 Å². The third-order valence-electron chi connectivity index (χ3n) is 5.08. The predicted octanol–water partition coefficient (Wildman–Crippen LogP) is 5.26. The lowest BCUT2D eigenvalue weighted by molar-refractivity contribution is -0.119. The van der Waals surface area contributed by atoms with Crippen molar-refractivity contribution in [3.05, 3.63) is 86.6 Å². The number of carbonyl (C=O) groups is 2. The van der Waals surface area contributed by atoms with Crippen molar-refractivity contribution >= 4 is 40.4 Å². The highest BCUT2D eigenvalue weighted by Crippen LogP contribution is 2.44. The molecule has 4 rings (SSSR count). The van der Waals surface area contributed by atoms with Crippen LogP contribution < -0.4 is 5.32 Å². The van der Waals surface area contributed by atoms with Gasteiger partial charge in [-0.15, -0.1) is 11.3 Å². The van der Waals surface area contributed by atoms with E-state index >= 15 is 0 Å². The summed E-state index contributed by atoms with van der Waals surface area (Å²) in [5.41, 5.74) is 2.89. The quantitative estimate of drug-likeness (QED) is 0.640. The molecule has 0 radical (unpaired) electrons. The first-order chi connectivity index (χ1) is 13.5. The molecule has 1 aromatic heterocycles. The van der Waals surface area contributed by atoms with Gasteiger partial charge in [0.15, 0.2) is 0 Å². The van der Waals surface area contributed by atoms with Gasteiger partial charge in [0.25, 0.3) is 5.91 Å². The molecule has 2 unspecified atom stereocenters. The van der Waals surface area contributed by atoms with Gasteiger partial charge < -0.3 is 10.2 Å². The molecule has 1 aliphatic heterocycles. The minimum Gasteiger partial charge on any atom is -0.333 e. The smallest absolute Gasteiger partial charge is 0.254 e. The third-order valence-corrected chi connectivity index (χ3v) is 6.33. The zero-order valence-electron chi connectivity index (χ0n) is 15.5. The van der Waals surface area contributed by atoms with Crippen LogP contribution in [0.5, 0.6) is 0 Å². The number of fused-ring (bicyclic) bond motifs is 1. The van der Waals surface area contributed by atoms with Gasteiger partial charge in [-0.3, -0.25) is 9.59 Å². The lowest BCUT2D eigenvalue weighted by Crippen LogP contribution is -2.43. The Morgan fingerprint density at radius 2 is 1.93 bits per heavy atom. The van der Waals surface area contributed by atoms with E-state index in [4.69, 9.17) is 11.6 Å². The number of aryl methyl sites for hydroxylation is 1. The van der Waals surface area contributed by atoms with E-state index in [1.807, 2.05) is 54.8 Å². The van der Waals surface area contributed by atoms with Crippen molar-refractivity contribution in [2.45, 2.75) is 18.9 Å². The second-order valence-electron chi connectivity index (χ2n) is 6.91. The second-order valence-corrected chi connectivity index (χ2v) is 8.30. The molecule has 0 saturated carbocycles. The highest BCUT2D eigenvalue weighted by molar-refractivity contribution is 7.10. The summed E-state index contributed by atoms with van der Waals surface area (Å²) in [7, 11) is 1.75. The largest absolute Gasteiger partial charge is 0.333 e. The molecule has 142 valence electrons. The fourth-order valence-electron chi connectivity index (χ4n) is 3.70. The van der Waals surface area contributed by atoms with Crippen molar-refractivity contribution in [3.63, 3.8) is 0 Å². The summed E-state index contributed by atoms with van der Waals surface area (Å²) >= 11 is 7.87. The monoisotopic (exact) mass is 410 g/mol. The normalized spacial score (nSPS) is 18.7.